The molecule has 0 bridgehead atoms. The first kappa shape index (κ1) is 20.7. The van der Waals surface area contributed by atoms with Gasteiger partial charge in [-0.3, -0.25) is 4.79 Å². The van der Waals surface area contributed by atoms with Crippen LogP contribution >= 0.6 is 0 Å². The molecule has 162 valence electrons. The van der Waals surface area contributed by atoms with Gasteiger partial charge in [0.2, 0.25) is 0 Å². The molecule has 0 spiro atoms. The standard InChI is InChI=1S/C23H24FN3O4/c1-14-18-13-16(24)7-8-20(18)31-21(14)15(2)25-23(30)27-11-9-26(10-12-27)22(29)17-5-3-4-6-19(17)28/h3-8,13,15,28H,9-12H2,1-2H3,(H,25,30). The van der Waals surface area contributed by atoms with Crippen molar-refractivity contribution in [3.63, 3.8) is 0 Å². The summed E-state index contributed by atoms with van der Waals surface area (Å²) in [5.74, 6) is -0.0579. The Bertz CT molecular complexity index is 1140. The Labute approximate surface area is 179 Å². The van der Waals surface area contributed by atoms with Crippen molar-refractivity contribution in [2.45, 2.75) is 19.9 Å². The summed E-state index contributed by atoms with van der Waals surface area (Å²) in [6.45, 7) is 5.16. The molecule has 2 heterocycles. The van der Waals surface area contributed by atoms with E-state index in [9.17, 15) is 19.1 Å². The first-order chi connectivity index (χ1) is 14.8. The molecule has 1 atom stereocenters. The molecular formula is C23H24FN3O4. The van der Waals surface area contributed by atoms with Gasteiger partial charge in [-0.1, -0.05) is 12.1 Å². The molecule has 0 radical (unpaired) electrons. The SMILES string of the molecule is Cc1c(C(C)NC(=O)N2CCN(C(=O)c3ccccc3O)CC2)oc2ccc(F)cc12. The van der Waals surface area contributed by atoms with Crippen molar-refractivity contribution in [3.8, 4) is 5.75 Å². The van der Waals surface area contributed by atoms with Crippen LogP contribution in [0, 0.1) is 12.7 Å². The van der Waals surface area contributed by atoms with Crippen LogP contribution in [-0.4, -0.2) is 53.0 Å². The summed E-state index contributed by atoms with van der Waals surface area (Å²) in [5, 5.41) is 13.5. The summed E-state index contributed by atoms with van der Waals surface area (Å²) in [5.41, 5.74) is 1.62. The number of carbonyl (C=O) groups excluding carboxylic acids is 2. The maximum absolute atomic E-state index is 13.5. The van der Waals surface area contributed by atoms with Crippen molar-refractivity contribution in [1.29, 1.82) is 0 Å². The topological polar surface area (TPSA) is 86.0 Å². The van der Waals surface area contributed by atoms with E-state index in [1.165, 1.54) is 18.2 Å². The fraction of sp³-hybridized carbons (Fsp3) is 0.304. The zero-order chi connectivity index (χ0) is 22.1. The Morgan fingerprint density at radius 1 is 1.10 bits per heavy atom. The molecule has 3 aromatic rings. The van der Waals surface area contributed by atoms with Crippen LogP contribution < -0.4 is 5.32 Å². The van der Waals surface area contributed by atoms with Crippen LogP contribution in [0.25, 0.3) is 11.0 Å². The molecule has 1 aliphatic rings. The third-order valence-corrected chi connectivity index (χ3v) is 5.66. The van der Waals surface area contributed by atoms with Crippen molar-refractivity contribution < 1.29 is 23.5 Å². The van der Waals surface area contributed by atoms with Crippen molar-refractivity contribution >= 4 is 22.9 Å². The zero-order valence-corrected chi connectivity index (χ0v) is 17.4. The highest BCUT2D eigenvalue weighted by Crippen LogP contribution is 2.30. The number of halogens is 1. The molecule has 8 heteroatoms. The van der Waals surface area contributed by atoms with Crippen molar-refractivity contribution in [2.24, 2.45) is 0 Å². The largest absolute Gasteiger partial charge is 0.507 e. The van der Waals surface area contributed by atoms with E-state index in [1.54, 1.807) is 34.1 Å². The predicted molar refractivity (Wildman–Crippen MR) is 113 cm³/mol. The molecule has 0 saturated carbocycles. The second-order valence-corrected chi connectivity index (χ2v) is 7.70. The van der Waals surface area contributed by atoms with Gasteiger partial charge in [0.05, 0.1) is 11.6 Å². The number of fused-ring (bicyclic) bond motifs is 1. The monoisotopic (exact) mass is 425 g/mol. The summed E-state index contributed by atoms with van der Waals surface area (Å²) >= 11 is 0. The zero-order valence-electron chi connectivity index (χ0n) is 17.4. The van der Waals surface area contributed by atoms with E-state index in [-0.39, 0.29) is 29.1 Å². The molecule has 31 heavy (non-hydrogen) atoms. The quantitative estimate of drug-likeness (QED) is 0.668. The number of hydrogen-bond donors (Lipinski definition) is 2. The van der Waals surface area contributed by atoms with Gasteiger partial charge in [0.15, 0.2) is 0 Å². The number of phenolic OH excluding ortho intramolecular Hbond substituents is 1. The van der Waals surface area contributed by atoms with Gasteiger partial charge in [0.25, 0.3) is 5.91 Å². The molecule has 2 N–H and O–H groups in total. The lowest BCUT2D eigenvalue weighted by Gasteiger charge is -2.35. The van der Waals surface area contributed by atoms with Crippen LogP contribution in [0.15, 0.2) is 46.9 Å². The molecule has 1 unspecified atom stereocenters. The van der Waals surface area contributed by atoms with E-state index in [4.69, 9.17) is 4.42 Å². The summed E-state index contributed by atoms with van der Waals surface area (Å²) in [7, 11) is 0. The number of aryl methyl sites for hydroxylation is 1. The number of phenols is 1. The molecule has 0 aliphatic carbocycles. The van der Waals surface area contributed by atoms with Crippen molar-refractivity contribution in [2.75, 3.05) is 26.2 Å². The first-order valence-electron chi connectivity index (χ1n) is 10.2. The average molecular weight is 425 g/mol. The summed E-state index contributed by atoms with van der Waals surface area (Å²) < 4.78 is 19.4. The second-order valence-electron chi connectivity index (χ2n) is 7.70. The lowest BCUT2D eigenvalue weighted by Crippen LogP contribution is -2.53. The molecule has 1 aliphatic heterocycles. The molecule has 1 aromatic heterocycles. The van der Waals surface area contributed by atoms with Gasteiger partial charge in [0, 0.05) is 37.1 Å². The first-order valence-corrected chi connectivity index (χ1v) is 10.2. The van der Waals surface area contributed by atoms with E-state index >= 15 is 0 Å². The normalized spacial score (nSPS) is 15.2. The number of carbonyl (C=O) groups is 2. The summed E-state index contributed by atoms with van der Waals surface area (Å²) in [6, 6.07) is 10.1. The maximum atomic E-state index is 13.5. The van der Waals surface area contributed by atoms with Gasteiger partial charge < -0.3 is 24.6 Å². The molecule has 1 saturated heterocycles. The predicted octanol–water partition coefficient (Wildman–Crippen LogP) is 3.81. The molecule has 4 rings (SSSR count). The molecule has 1 fully saturated rings. The Hall–Kier alpha value is -3.55. The van der Waals surface area contributed by atoms with Gasteiger partial charge in [-0.2, -0.15) is 0 Å². The minimum absolute atomic E-state index is 0.0532. The molecule has 3 amide bonds. The summed E-state index contributed by atoms with van der Waals surface area (Å²) in [4.78, 5) is 28.6. The smallest absolute Gasteiger partial charge is 0.318 e. The lowest BCUT2D eigenvalue weighted by molar-refractivity contribution is 0.0660. The Morgan fingerprint density at radius 3 is 2.48 bits per heavy atom. The Balaban J connectivity index is 1.38. The van der Waals surface area contributed by atoms with E-state index in [1.807, 2.05) is 13.8 Å². The van der Waals surface area contributed by atoms with Crippen LogP contribution in [0.1, 0.15) is 34.6 Å². The van der Waals surface area contributed by atoms with E-state index in [2.05, 4.69) is 5.32 Å². The maximum Gasteiger partial charge on any atom is 0.318 e. The Kier molecular flexibility index (Phi) is 5.54. The van der Waals surface area contributed by atoms with E-state index in [0.717, 1.165) is 5.56 Å². The molecular weight excluding hydrogens is 401 g/mol. The minimum atomic E-state index is -0.399. The number of furan rings is 1. The number of urea groups is 1. The number of aromatic hydroxyl groups is 1. The van der Waals surface area contributed by atoms with Gasteiger partial charge in [0.1, 0.15) is 22.9 Å². The number of rotatable bonds is 3. The van der Waals surface area contributed by atoms with Crippen LogP contribution in [0.4, 0.5) is 9.18 Å². The fourth-order valence-electron chi connectivity index (χ4n) is 3.90. The molecule has 2 aromatic carbocycles. The highest BCUT2D eigenvalue weighted by molar-refractivity contribution is 5.97. The highest BCUT2D eigenvalue weighted by Gasteiger charge is 2.27. The number of nitrogens with one attached hydrogen (secondary N) is 1. The summed E-state index contributed by atoms with van der Waals surface area (Å²) in [6.07, 6.45) is 0. The number of nitrogens with zero attached hydrogens (tertiary/aromatic N) is 2. The van der Waals surface area contributed by atoms with Crippen LogP contribution in [-0.2, 0) is 0 Å². The number of piperazine rings is 1. The van der Waals surface area contributed by atoms with Crippen molar-refractivity contribution in [3.05, 3.63) is 65.2 Å². The van der Waals surface area contributed by atoms with Crippen molar-refractivity contribution in [1.82, 2.24) is 15.1 Å². The number of benzene rings is 2. The van der Waals surface area contributed by atoms with Crippen LogP contribution in [0.3, 0.4) is 0 Å². The van der Waals surface area contributed by atoms with E-state index in [0.29, 0.717) is 42.9 Å². The third-order valence-electron chi connectivity index (χ3n) is 5.66. The van der Waals surface area contributed by atoms with Crippen LogP contribution in [0.2, 0.25) is 0 Å². The number of amides is 3. The number of hydrogen-bond acceptors (Lipinski definition) is 4. The van der Waals surface area contributed by atoms with Crippen LogP contribution in [0.5, 0.6) is 5.75 Å². The van der Waals surface area contributed by atoms with Gasteiger partial charge in [-0.25, -0.2) is 9.18 Å². The highest BCUT2D eigenvalue weighted by atomic mass is 19.1. The van der Waals surface area contributed by atoms with Gasteiger partial charge in [-0.05, 0) is 44.2 Å². The molecule has 7 nitrogen and oxygen atoms in total. The minimum Gasteiger partial charge on any atom is -0.507 e. The Morgan fingerprint density at radius 2 is 1.77 bits per heavy atom. The van der Waals surface area contributed by atoms with E-state index < -0.39 is 6.04 Å². The van der Waals surface area contributed by atoms with Gasteiger partial charge >= 0.3 is 6.03 Å². The second kappa shape index (κ2) is 8.29. The van der Waals surface area contributed by atoms with Gasteiger partial charge in [-0.15, -0.1) is 0 Å². The number of para-hydroxylation sites is 1. The fourth-order valence-corrected chi connectivity index (χ4v) is 3.90. The third kappa shape index (κ3) is 4.05. The average Bonchev–Trinajstić information content (AvgIpc) is 3.09. The lowest BCUT2D eigenvalue weighted by atomic mass is 10.1.